The van der Waals surface area contributed by atoms with Crippen molar-refractivity contribution in [3.8, 4) is 0 Å². The Morgan fingerprint density at radius 3 is 2.11 bits per heavy atom. The van der Waals surface area contributed by atoms with Gasteiger partial charge in [-0.1, -0.05) is 103 Å². The first kappa shape index (κ1) is 21.8. The van der Waals surface area contributed by atoms with Crippen molar-refractivity contribution in [1.29, 1.82) is 0 Å². The van der Waals surface area contributed by atoms with Gasteiger partial charge in [-0.05, 0) is 33.9 Å². The van der Waals surface area contributed by atoms with Gasteiger partial charge < -0.3 is 4.90 Å². The summed E-state index contributed by atoms with van der Waals surface area (Å²) in [4.78, 5) is 28.8. The van der Waals surface area contributed by atoms with E-state index in [4.69, 9.17) is 0 Å². The molecule has 3 heteroatoms. The first-order valence-corrected chi connectivity index (χ1v) is 12.5. The van der Waals surface area contributed by atoms with Gasteiger partial charge >= 0.3 is 0 Å². The second-order valence-electron chi connectivity index (χ2n) is 10.00. The lowest BCUT2D eigenvalue weighted by Crippen LogP contribution is -2.47. The molecule has 2 atom stereocenters. The molecule has 0 spiro atoms. The summed E-state index contributed by atoms with van der Waals surface area (Å²) in [5.41, 5.74) is 3.27. The molecule has 2 fully saturated rings. The van der Waals surface area contributed by atoms with Crippen LogP contribution in [0.1, 0.15) is 29.5 Å². The van der Waals surface area contributed by atoms with Crippen molar-refractivity contribution in [2.45, 2.75) is 24.7 Å². The predicted octanol–water partition coefficient (Wildman–Crippen LogP) is 5.81. The van der Waals surface area contributed by atoms with E-state index < -0.39 is 0 Å². The SMILES string of the molecule is O=C1CCC(c2ccccc2)(c2ccccc2)C2CN(C(=O)Cc3cccc4ccccc34)CC12. The number of amides is 1. The standard InChI is InChI=1S/C32H29NO2/c34-30-18-19-32(25-13-3-1-4-14-25,26-15-5-2-6-16-26)29-22-33(21-28(29)30)31(35)20-24-12-9-11-23-10-7-8-17-27(23)24/h1-17,28-29H,18-22H2. The number of fused-ring (bicyclic) bond motifs is 2. The molecule has 2 unspecified atom stereocenters. The molecule has 1 aliphatic carbocycles. The topological polar surface area (TPSA) is 37.4 Å². The molecule has 1 saturated carbocycles. The molecule has 3 nitrogen and oxygen atoms in total. The molecule has 0 aromatic heterocycles. The van der Waals surface area contributed by atoms with E-state index in [1.807, 2.05) is 41.3 Å². The smallest absolute Gasteiger partial charge is 0.227 e. The minimum absolute atomic E-state index is 0.0741. The molecule has 0 radical (unpaired) electrons. The zero-order valence-corrected chi connectivity index (χ0v) is 19.8. The Kier molecular flexibility index (Phi) is 5.49. The van der Waals surface area contributed by atoms with E-state index in [2.05, 4.69) is 66.7 Å². The Hall–Kier alpha value is -3.72. The van der Waals surface area contributed by atoms with Crippen LogP contribution >= 0.6 is 0 Å². The van der Waals surface area contributed by atoms with E-state index in [-0.39, 0.29) is 23.2 Å². The fraction of sp³-hybridized carbons (Fsp3) is 0.250. The molecule has 1 amide bonds. The van der Waals surface area contributed by atoms with Crippen molar-refractivity contribution in [2.24, 2.45) is 11.8 Å². The van der Waals surface area contributed by atoms with Crippen LogP contribution < -0.4 is 0 Å². The van der Waals surface area contributed by atoms with Crippen LogP contribution in [0.15, 0.2) is 103 Å². The summed E-state index contributed by atoms with van der Waals surface area (Å²) in [5, 5.41) is 2.27. The third-order valence-electron chi connectivity index (χ3n) is 8.28. The van der Waals surface area contributed by atoms with E-state index in [9.17, 15) is 9.59 Å². The van der Waals surface area contributed by atoms with Gasteiger partial charge in [0.2, 0.25) is 5.91 Å². The van der Waals surface area contributed by atoms with Crippen molar-refractivity contribution < 1.29 is 9.59 Å². The van der Waals surface area contributed by atoms with Crippen LogP contribution in [0.5, 0.6) is 0 Å². The second-order valence-corrected chi connectivity index (χ2v) is 10.00. The fourth-order valence-corrected chi connectivity index (χ4v) is 6.60. The number of hydrogen-bond acceptors (Lipinski definition) is 2. The number of carbonyl (C=O) groups excluding carboxylic acids is 2. The van der Waals surface area contributed by atoms with Crippen molar-refractivity contribution in [2.75, 3.05) is 13.1 Å². The quantitative estimate of drug-likeness (QED) is 0.386. The molecule has 6 rings (SSSR count). The number of nitrogens with zero attached hydrogens (tertiary/aromatic N) is 1. The van der Waals surface area contributed by atoms with Gasteiger partial charge in [0.05, 0.1) is 6.42 Å². The van der Waals surface area contributed by atoms with Crippen LogP contribution in [0, 0.1) is 11.8 Å². The summed E-state index contributed by atoms with van der Waals surface area (Å²) in [6, 6.07) is 35.6. The van der Waals surface area contributed by atoms with Gasteiger partial charge in [0.1, 0.15) is 5.78 Å². The first-order chi connectivity index (χ1) is 17.2. The van der Waals surface area contributed by atoms with Crippen LogP contribution in [0.25, 0.3) is 10.8 Å². The Balaban J connectivity index is 1.36. The number of rotatable bonds is 4. The lowest BCUT2D eigenvalue weighted by atomic mass is 9.56. The molecule has 1 saturated heterocycles. The molecular weight excluding hydrogens is 430 g/mol. The summed E-state index contributed by atoms with van der Waals surface area (Å²) in [5.74, 6) is 0.363. The molecule has 4 aromatic carbocycles. The Bertz CT molecular complexity index is 1330. The minimum Gasteiger partial charge on any atom is -0.341 e. The van der Waals surface area contributed by atoms with Crippen molar-refractivity contribution >= 4 is 22.5 Å². The van der Waals surface area contributed by atoms with Gasteiger partial charge in [0, 0.05) is 36.8 Å². The fourth-order valence-electron chi connectivity index (χ4n) is 6.60. The number of Topliss-reactive ketones (excluding diaryl/α,β-unsaturated/α-hetero) is 1. The van der Waals surface area contributed by atoms with Gasteiger partial charge in [0.25, 0.3) is 0 Å². The monoisotopic (exact) mass is 459 g/mol. The Morgan fingerprint density at radius 2 is 1.40 bits per heavy atom. The number of ketones is 1. The maximum absolute atomic E-state index is 13.6. The van der Waals surface area contributed by atoms with E-state index >= 15 is 0 Å². The Labute approximate surface area is 206 Å². The van der Waals surface area contributed by atoms with Crippen molar-refractivity contribution in [3.63, 3.8) is 0 Å². The molecule has 174 valence electrons. The third-order valence-corrected chi connectivity index (χ3v) is 8.28. The van der Waals surface area contributed by atoms with E-state index in [0.717, 1.165) is 22.8 Å². The predicted molar refractivity (Wildman–Crippen MR) is 139 cm³/mol. The largest absolute Gasteiger partial charge is 0.341 e. The highest BCUT2D eigenvalue weighted by Crippen LogP contribution is 2.52. The molecule has 2 aliphatic rings. The van der Waals surface area contributed by atoms with E-state index in [1.54, 1.807) is 0 Å². The summed E-state index contributed by atoms with van der Waals surface area (Å²) < 4.78 is 0. The number of carbonyl (C=O) groups is 2. The average Bonchev–Trinajstić information content (AvgIpc) is 3.38. The molecule has 0 N–H and O–H groups in total. The van der Waals surface area contributed by atoms with Gasteiger partial charge in [-0.25, -0.2) is 0 Å². The number of likely N-dealkylation sites (tertiary alicyclic amines) is 1. The molecule has 35 heavy (non-hydrogen) atoms. The summed E-state index contributed by atoms with van der Waals surface area (Å²) >= 11 is 0. The van der Waals surface area contributed by atoms with Crippen LogP contribution in [0.3, 0.4) is 0 Å². The maximum Gasteiger partial charge on any atom is 0.227 e. The van der Waals surface area contributed by atoms with E-state index in [1.165, 1.54) is 11.1 Å². The lowest BCUT2D eigenvalue weighted by Gasteiger charge is -2.45. The van der Waals surface area contributed by atoms with Crippen LogP contribution in [0.2, 0.25) is 0 Å². The van der Waals surface area contributed by atoms with Crippen molar-refractivity contribution in [1.82, 2.24) is 4.90 Å². The van der Waals surface area contributed by atoms with Gasteiger partial charge in [0.15, 0.2) is 0 Å². The highest BCUT2D eigenvalue weighted by molar-refractivity contribution is 5.91. The maximum atomic E-state index is 13.6. The van der Waals surface area contributed by atoms with Gasteiger partial charge in [-0.2, -0.15) is 0 Å². The van der Waals surface area contributed by atoms with Crippen molar-refractivity contribution in [3.05, 3.63) is 120 Å². The molecule has 1 heterocycles. The number of hydrogen-bond donors (Lipinski definition) is 0. The molecule has 0 bridgehead atoms. The lowest BCUT2D eigenvalue weighted by molar-refractivity contribution is -0.129. The highest BCUT2D eigenvalue weighted by Gasteiger charge is 2.55. The molecule has 1 aliphatic heterocycles. The Morgan fingerprint density at radius 1 is 0.771 bits per heavy atom. The average molecular weight is 460 g/mol. The van der Waals surface area contributed by atoms with Gasteiger partial charge in [-0.3, -0.25) is 9.59 Å². The zero-order valence-electron chi connectivity index (χ0n) is 19.8. The summed E-state index contributed by atoms with van der Waals surface area (Å²) in [6.45, 7) is 1.14. The van der Waals surface area contributed by atoms with Gasteiger partial charge in [-0.15, -0.1) is 0 Å². The minimum atomic E-state index is -0.268. The molecular formula is C32H29NO2. The van der Waals surface area contributed by atoms with Crippen LogP contribution in [0.4, 0.5) is 0 Å². The zero-order chi connectivity index (χ0) is 23.8. The van der Waals surface area contributed by atoms with E-state index in [0.29, 0.717) is 31.7 Å². The highest BCUT2D eigenvalue weighted by atomic mass is 16.2. The third kappa shape index (κ3) is 3.67. The normalized spacial score (nSPS) is 21.1. The second kappa shape index (κ2) is 8.81. The van der Waals surface area contributed by atoms with Crippen LogP contribution in [-0.2, 0) is 21.4 Å². The summed E-state index contributed by atoms with van der Waals surface area (Å²) in [6.07, 6.45) is 1.70. The van der Waals surface area contributed by atoms with Crippen LogP contribution in [-0.4, -0.2) is 29.7 Å². The summed E-state index contributed by atoms with van der Waals surface area (Å²) in [7, 11) is 0. The number of benzene rings is 4. The first-order valence-electron chi connectivity index (χ1n) is 12.5. The molecule has 4 aromatic rings.